The second-order valence-corrected chi connectivity index (χ2v) is 5.04. The summed E-state index contributed by atoms with van der Waals surface area (Å²) in [6.07, 6.45) is 0.752. The Morgan fingerprint density at radius 2 is 2.00 bits per heavy atom. The molecular formula is C17H16BN3O. The van der Waals surface area contributed by atoms with Crippen LogP contribution in [0.25, 0.3) is 0 Å². The van der Waals surface area contributed by atoms with E-state index >= 15 is 0 Å². The Labute approximate surface area is 131 Å². The molecule has 0 aliphatic heterocycles. The molecule has 1 N–H and O–H groups in total. The van der Waals surface area contributed by atoms with Gasteiger partial charge in [-0.15, -0.1) is 0 Å². The van der Waals surface area contributed by atoms with E-state index in [0.29, 0.717) is 17.8 Å². The summed E-state index contributed by atoms with van der Waals surface area (Å²) in [5.74, 6) is 0. The molecule has 2 rings (SSSR count). The van der Waals surface area contributed by atoms with E-state index in [9.17, 15) is 4.79 Å². The van der Waals surface area contributed by atoms with E-state index in [4.69, 9.17) is 13.1 Å². The lowest BCUT2D eigenvalue weighted by molar-refractivity contribution is 0.223. The van der Waals surface area contributed by atoms with E-state index in [1.807, 2.05) is 30.3 Å². The summed E-state index contributed by atoms with van der Waals surface area (Å²) >= 11 is 0. The van der Waals surface area contributed by atoms with Crippen LogP contribution in [0.3, 0.4) is 0 Å². The van der Waals surface area contributed by atoms with Crippen LogP contribution < -0.4 is 10.8 Å². The first-order chi connectivity index (χ1) is 10.6. The fraction of sp³-hybridized carbons (Fsp3) is 0.176. The number of anilines is 1. The minimum absolute atomic E-state index is 0.203. The maximum Gasteiger partial charge on any atom is 0.321 e. The van der Waals surface area contributed by atoms with E-state index in [1.165, 1.54) is 0 Å². The summed E-state index contributed by atoms with van der Waals surface area (Å²) in [6.45, 7) is 0.591. The van der Waals surface area contributed by atoms with Crippen LogP contribution in [-0.4, -0.2) is 32.4 Å². The van der Waals surface area contributed by atoms with Crippen molar-refractivity contribution >= 4 is 25.0 Å². The lowest BCUT2D eigenvalue weighted by Crippen LogP contribution is -2.33. The van der Waals surface area contributed by atoms with Crippen molar-refractivity contribution in [3.63, 3.8) is 0 Å². The Balaban J connectivity index is 1.89. The van der Waals surface area contributed by atoms with Crippen LogP contribution in [0.5, 0.6) is 0 Å². The summed E-state index contributed by atoms with van der Waals surface area (Å²) in [5, 5.41) is 11.6. The van der Waals surface area contributed by atoms with Crippen molar-refractivity contribution in [2.75, 3.05) is 18.9 Å². The van der Waals surface area contributed by atoms with Gasteiger partial charge in [-0.25, -0.2) is 4.79 Å². The minimum atomic E-state index is -0.203. The van der Waals surface area contributed by atoms with E-state index in [2.05, 4.69) is 5.32 Å². The van der Waals surface area contributed by atoms with E-state index < -0.39 is 0 Å². The third kappa shape index (κ3) is 4.39. The van der Waals surface area contributed by atoms with Gasteiger partial charge in [0.25, 0.3) is 0 Å². The molecule has 0 bridgehead atoms. The molecule has 0 spiro atoms. The third-order valence-corrected chi connectivity index (χ3v) is 3.31. The topological polar surface area (TPSA) is 56.1 Å². The van der Waals surface area contributed by atoms with Crippen molar-refractivity contribution in [2.24, 2.45) is 0 Å². The number of carbonyl (C=O) groups excluding carboxylic acids is 1. The number of amides is 2. The quantitative estimate of drug-likeness (QED) is 0.876. The highest BCUT2D eigenvalue weighted by atomic mass is 16.2. The van der Waals surface area contributed by atoms with Gasteiger partial charge in [0.15, 0.2) is 0 Å². The van der Waals surface area contributed by atoms with Gasteiger partial charge in [0.1, 0.15) is 7.85 Å². The molecule has 2 aromatic carbocycles. The number of urea groups is 1. The summed E-state index contributed by atoms with van der Waals surface area (Å²) < 4.78 is 0. The van der Waals surface area contributed by atoms with Crippen LogP contribution in [0.1, 0.15) is 11.1 Å². The van der Waals surface area contributed by atoms with E-state index in [1.54, 1.807) is 36.2 Å². The van der Waals surface area contributed by atoms with Gasteiger partial charge in [-0.2, -0.15) is 5.26 Å². The number of hydrogen-bond donors (Lipinski definition) is 1. The first-order valence-corrected chi connectivity index (χ1v) is 6.95. The number of nitrogens with one attached hydrogen (secondary N) is 1. The maximum atomic E-state index is 12.1. The molecule has 5 heteroatoms. The molecule has 0 unspecified atom stereocenters. The molecule has 4 nitrogen and oxygen atoms in total. The first-order valence-electron chi connectivity index (χ1n) is 6.95. The molecule has 0 saturated carbocycles. The standard InChI is InChI=1S/C17H16BN3O/c1-21(10-9-13-5-7-15(18)8-6-13)17(22)20-16-4-2-3-14(11-16)12-19/h2-8,11H,9-10H2,1H3,(H,20,22). The molecule has 0 aliphatic rings. The van der Waals surface area contributed by atoms with Crippen LogP contribution >= 0.6 is 0 Å². The average molecular weight is 289 g/mol. The Bertz CT molecular complexity index is 692. The van der Waals surface area contributed by atoms with Gasteiger partial charge in [-0.3, -0.25) is 0 Å². The number of nitriles is 1. The molecule has 0 aliphatic carbocycles. The average Bonchev–Trinajstić information content (AvgIpc) is 2.54. The van der Waals surface area contributed by atoms with Crippen molar-refractivity contribution in [1.82, 2.24) is 4.90 Å². The molecule has 0 aromatic heterocycles. The highest BCUT2D eigenvalue weighted by Crippen LogP contribution is 2.10. The van der Waals surface area contributed by atoms with Crippen molar-refractivity contribution in [1.29, 1.82) is 5.26 Å². The van der Waals surface area contributed by atoms with Crippen LogP contribution in [0.4, 0.5) is 10.5 Å². The zero-order chi connectivity index (χ0) is 15.9. The molecular weight excluding hydrogens is 273 g/mol. The smallest absolute Gasteiger partial charge is 0.321 e. The van der Waals surface area contributed by atoms with E-state index in [-0.39, 0.29) is 6.03 Å². The number of hydrogen-bond acceptors (Lipinski definition) is 2. The zero-order valence-electron chi connectivity index (χ0n) is 12.4. The van der Waals surface area contributed by atoms with Gasteiger partial charge in [0.05, 0.1) is 11.6 Å². The number of likely N-dealkylation sites (N-methyl/N-ethyl adjacent to an activating group) is 1. The minimum Gasteiger partial charge on any atom is -0.327 e. The van der Waals surface area contributed by atoms with E-state index in [0.717, 1.165) is 17.4 Å². The number of rotatable bonds is 4. The van der Waals surface area contributed by atoms with Crippen molar-refractivity contribution in [3.8, 4) is 6.07 Å². The summed E-state index contributed by atoms with van der Waals surface area (Å²) in [6, 6.07) is 16.3. The normalized spacial score (nSPS) is 9.82. The second-order valence-electron chi connectivity index (χ2n) is 5.04. The molecule has 0 fully saturated rings. The molecule has 2 aromatic rings. The fourth-order valence-electron chi connectivity index (χ4n) is 1.97. The Morgan fingerprint density at radius 1 is 1.27 bits per heavy atom. The van der Waals surface area contributed by atoms with Gasteiger partial charge in [0.2, 0.25) is 0 Å². The Morgan fingerprint density at radius 3 is 2.68 bits per heavy atom. The summed E-state index contributed by atoms with van der Waals surface area (Å²) in [4.78, 5) is 13.7. The molecule has 0 saturated heterocycles. The molecule has 0 heterocycles. The molecule has 108 valence electrons. The predicted molar refractivity (Wildman–Crippen MR) is 88.3 cm³/mol. The van der Waals surface area contributed by atoms with Gasteiger partial charge in [-0.05, 0) is 30.2 Å². The highest BCUT2D eigenvalue weighted by molar-refractivity contribution is 6.32. The lowest BCUT2D eigenvalue weighted by atomic mass is 9.95. The monoisotopic (exact) mass is 289 g/mol. The van der Waals surface area contributed by atoms with Crippen molar-refractivity contribution in [3.05, 3.63) is 59.7 Å². The number of nitrogens with zero attached hydrogens (tertiary/aromatic N) is 2. The Kier molecular flexibility index (Phi) is 5.21. The second kappa shape index (κ2) is 7.32. The Hall–Kier alpha value is -2.74. The van der Waals surface area contributed by atoms with Gasteiger partial charge < -0.3 is 10.2 Å². The van der Waals surface area contributed by atoms with Crippen molar-refractivity contribution in [2.45, 2.75) is 6.42 Å². The summed E-state index contributed by atoms with van der Waals surface area (Å²) in [7, 11) is 7.38. The van der Waals surface area contributed by atoms with Crippen LogP contribution in [0.15, 0.2) is 48.5 Å². The SMILES string of the molecule is [B]c1ccc(CCN(C)C(=O)Nc2cccc(C#N)c2)cc1. The molecule has 2 amide bonds. The number of benzene rings is 2. The van der Waals surface area contributed by atoms with Gasteiger partial charge in [-0.1, -0.05) is 35.8 Å². The third-order valence-electron chi connectivity index (χ3n) is 3.31. The molecule has 22 heavy (non-hydrogen) atoms. The molecule has 2 radical (unpaired) electrons. The zero-order valence-corrected chi connectivity index (χ0v) is 12.4. The van der Waals surface area contributed by atoms with Gasteiger partial charge in [0, 0.05) is 19.3 Å². The molecule has 0 atom stereocenters. The first kappa shape index (κ1) is 15.6. The van der Waals surface area contributed by atoms with Crippen LogP contribution in [-0.2, 0) is 6.42 Å². The highest BCUT2D eigenvalue weighted by Gasteiger charge is 2.09. The van der Waals surface area contributed by atoms with Crippen LogP contribution in [0, 0.1) is 11.3 Å². The van der Waals surface area contributed by atoms with Gasteiger partial charge >= 0.3 is 6.03 Å². The lowest BCUT2D eigenvalue weighted by Gasteiger charge is -2.18. The largest absolute Gasteiger partial charge is 0.327 e. The summed E-state index contributed by atoms with van der Waals surface area (Å²) in [5.41, 5.74) is 2.98. The number of carbonyl (C=O) groups is 1. The predicted octanol–water partition coefficient (Wildman–Crippen LogP) is 2.06. The van der Waals surface area contributed by atoms with Crippen LogP contribution in [0.2, 0.25) is 0 Å². The fourth-order valence-corrected chi connectivity index (χ4v) is 1.97. The van der Waals surface area contributed by atoms with Crippen molar-refractivity contribution < 1.29 is 4.79 Å². The maximum absolute atomic E-state index is 12.1.